The molecule has 0 aromatic rings. The van der Waals surface area contributed by atoms with Gasteiger partial charge < -0.3 is 93.7 Å². The lowest BCUT2D eigenvalue weighted by atomic mass is 10.2. The van der Waals surface area contributed by atoms with Gasteiger partial charge in [-0.1, -0.05) is 0 Å². The molecular weight excluding hydrogens is 690 g/mol. The SMILES string of the molecule is NC(=O)CC(N)C(=O)O.NC(=O)CC(N)C(=O)O.NC(=O)CC(N)C(=O)O.NC(=O)CC(N)C(=O)O.NC(=O)CC(N)C(=O)O.NCC(=O)O. The second-order valence-corrected chi connectivity index (χ2v) is 8.67. The molecule has 0 heterocycles. The third kappa shape index (κ3) is 54.4. The maximum Gasteiger partial charge on any atom is 0.321 e. The van der Waals surface area contributed by atoms with E-state index >= 15 is 0 Å². The van der Waals surface area contributed by atoms with Crippen LogP contribution in [0.3, 0.4) is 0 Å². The van der Waals surface area contributed by atoms with Gasteiger partial charge in [0.05, 0.1) is 38.6 Å². The number of primary amides is 5. The second-order valence-electron chi connectivity index (χ2n) is 8.67. The van der Waals surface area contributed by atoms with Gasteiger partial charge in [-0.3, -0.25) is 52.7 Å². The number of nitrogens with two attached hydrogens (primary N) is 11. The van der Waals surface area contributed by atoms with E-state index in [1.165, 1.54) is 0 Å². The Kier molecular flexibility index (Phi) is 37.0. The molecule has 0 aliphatic carbocycles. The van der Waals surface area contributed by atoms with E-state index in [9.17, 15) is 52.7 Å². The minimum Gasteiger partial charge on any atom is -0.480 e. The lowest BCUT2D eigenvalue weighted by Gasteiger charge is -1.99. The van der Waals surface area contributed by atoms with Gasteiger partial charge in [0.15, 0.2) is 0 Å². The van der Waals surface area contributed by atoms with Crippen molar-refractivity contribution in [2.45, 2.75) is 62.3 Å². The number of hydrogen-bond acceptors (Lipinski definition) is 17. The second kappa shape index (κ2) is 32.9. The summed E-state index contributed by atoms with van der Waals surface area (Å²) in [6, 6.07) is -5.82. The van der Waals surface area contributed by atoms with Crippen LogP contribution in [0.4, 0.5) is 0 Å². The molecule has 0 radical (unpaired) electrons. The zero-order valence-corrected chi connectivity index (χ0v) is 26.2. The first-order valence-corrected chi connectivity index (χ1v) is 12.7. The zero-order chi connectivity index (χ0) is 41.5. The van der Waals surface area contributed by atoms with E-state index in [1.807, 2.05) is 0 Å². The molecule has 290 valence electrons. The average molecular weight is 736 g/mol. The van der Waals surface area contributed by atoms with E-state index < -0.39 is 95.6 Å². The van der Waals surface area contributed by atoms with Gasteiger partial charge in [0.1, 0.15) is 30.2 Å². The van der Waals surface area contributed by atoms with Gasteiger partial charge in [0, 0.05) is 0 Å². The lowest BCUT2D eigenvalue weighted by molar-refractivity contribution is -0.140. The summed E-state index contributed by atoms with van der Waals surface area (Å²) in [7, 11) is 0. The summed E-state index contributed by atoms with van der Waals surface area (Å²) in [6.45, 7) is -0.278. The first-order valence-electron chi connectivity index (χ1n) is 12.7. The number of amides is 5. The molecule has 5 unspecified atom stereocenters. The molecular formula is C22H45N11O17. The molecule has 50 heavy (non-hydrogen) atoms. The van der Waals surface area contributed by atoms with Crippen LogP contribution in [0.2, 0.25) is 0 Å². The van der Waals surface area contributed by atoms with Gasteiger partial charge in [-0.15, -0.1) is 0 Å². The maximum atomic E-state index is 9.99. The minimum absolute atomic E-state index is 0.278. The number of carbonyl (C=O) groups is 11. The predicted octanol–water partition coefficient (Wildman–Crippen LogP) is -9.60. The minimum atomic E-state index is -1.21. The van der Waals surface area contributed by atoms with Crippen molar-refractivity contribution in [3.05, 3.63) is 0 Å². The van der Waals surface area contributed by atoms with Crippen LogP contribution < -0.4 is 63.1 Å². The Morgan fingerprint density at radius 2 is 0.440 bits per heavy atom. The van der Waals surface area contributed by atoms with Gasteiger partial charge in [0.2, 0.25) is 29.5 Å². The lowest BCUT2D eigenvalue weighted by Crippen LogP contribution is -2.34. The molecule has 28 N–H and O–H groups in total. The molecule has 5 amide bonds. The highest BCUT2D eigenvalue weighted by molar-refractivity contribution is 5.85. The number of rotatable bonds is 16. The third-order valence-electron chi connectivity index (χ3n) is 3.87. The molecule has 0 spiro atoms. The largest absolute Gasteiger partial charge is 0.480 e. The Bertz CT molecular complexity index is 968. The van der Waals surface area contributed by atoms with Crippen LogP contribution in [0.5, 0.6) is 0 Å². The first-order chi connectivity index (χ1) is 22.5. The van der Waals surface area contributed by atoms with Crippen LogP contribution in [-0.4, -0.2) is 133 Å². The monoisotopic (exact) mass is 735 g/mol. The molecule has 0 bridgehead atoms. The van der Waals surface area contributed by atoms with Crippen molar-refractivity contribution >= 4 is 65.4 Å². The summed E-state index contributed by atoms with van der Waals surface area (Å²) >= 11 is 0. The summed E-state index contributed by atoms with van der Waals surface area (Å²) in [5, 5.41) is 48.1. The maximum absolute atomic E-state index is 9.99. The Hall–Kier alpha value is -6.07. The number of carboxylic acid groups (broad SMARTS) is 6. The van der Waals surface area contributed by atoms with Crippen molar-refractivity contribution in [3.63, 3.8) is 0 Å². The van der Waals surface area contributed by atoms with Crippen molar-refractivity contribution < 1.29 is 83.4 Å². The fourth-order valence-electron chi connectivity index (χ4n) is 1.52. The van der Waals surface area contributed by atoms with Crippen molar-refractivity contribution in [1.29, 1.82) is 0 Å². The first kappa shape index (κ1) is 56.3. The molecule has 0 rings (SSSR count). The number of carbonyl (C=O) groups excluding carboxylic acids is 5. The Labute approximate surface area is 281 Å². The summed E-state index contributed by atoms with van der Waals surface area (Å²) < 4.78 is 0. The fourth-order valence-corrected chi connectivity index (χ4v) is 1.52. The summed E-state index contributed by atoms with van der Waals surface area (Å²) in [4.78, 5) is 109. The van der Waals surface area contributed by atoms with Crippen LogP contribution in [0, 0.1) is 0 Å². The third-order valence-corrected chi connectivity index (χ3v) is 3.87. The van der Waals surface area contributed by atoms with Crippen LogP contribution in [0.1, 0.15) is 32.1 Å². The Balaban J connectivity index is -0.000000117. The van der Waals surface area contributed by atoms with Crippen LogP contribution in [-0.2, 0) is 52.7 Å². The summed E-state index contributed by atoms with van der Waals surface area (Å²) in [5.41, 5.74) is 52.4. The summed E-state index contributed by atoms with van der Waals surface area (Å²) in [5.74, 6) is -10.6. The van der Waals surface area contributed by atoms with Gasteiger partial charge in [-0.25, -0.2) is 0 Å². The van der Waals surface area contributed by atoms with Crippen molar-refractivity contribution in [1.82, 2.24) is 0 Å². The standard InChI is InChI=1S/5C4H8N2O3.C2H5NO2/c5*5-2(4(8)9)1-3(6)7;3-1-2(4)5/h5*2H,1,5H2,(H2,6,7)(H,8,9);1,3H2,(H,4,5). The molecule has 28 nitrogen and oxygen atoms in total. The van der Waals surface area contributed by atoms with Gasteiger partial charge in [-0.05, 0) is 0 Å². The highest BCUT2D eigenvalue weighted by Gasteiger charge is 2.15. The zero-order valence-electron chi connectivity index (χ0n) is 26.2. The highest BCUT2D eigenvalue weighted by Crippen LogP contribution is 1.87. The van der Waals surface area contributed by atoms with Crippen molar-refractivity contribution in [3.8, 4) is 0 Å². The van der Waals surface area contributed by atoms with E-state index in [2.05, 4.69) is 34.4 Å². The molecule has 5 atom stereocenters. The molecule has 0 aliphatic rings. The van der Waals surface area contributed by atoms with E-state index in [0.29, 0.717) is 0 Å². The number of aliphatic carboxylic acids is 6. The number of hydrogen-bond donors (Lipinski definition) is 17. The molecule has 0 aromatic heterocycles. The Morgan fingerprint density at radius 1 is 0.340 bits per heavy atom. The predicted molar refractivity (Wildman–Crippen MR) is 164 cm³/mol. The smallest absolute Gasteiger partial charge is 0.321 e. The van der Waals surface area contributed by atoms with Crippen LogP contribution in [0.15, 0.2) is 0 Å². The molecule has 28 heteroatoms. The van der Waals surface area contributed by atoms with Crippen LogP contribution >= 0.6 is 0 Å². The van der Waals surface area contributed by atoms with Gasteiger partial charge in [0.25, 0.3) is 0 Å². The van der Waals surface area contributed by atoms with Gasteiger partial charge in [-0.2, -0.15) is 0 Å². The van der Waals surface area contributed by atoms with E-state index in [4.69, 9.17) is 59.3 Å². The highest BCUT2D eigenvalue weighted by atomic mass is 16.4. The van der Waals surface area contributed by atoms with Crippen LogP contribution in [0.25, 0.3) is 0 Å². The molecule has 0 saturated carbocycles. The van der Waals surface area contributed by atoms with Crippen molar-refractivity contribution in [2.24, 2.45) is 63.1 Å². The normalized spacial score (nSPS) is 12.0. The van der Waals surface area contributed by atoms with Gasteiger partial charge >= 0.3 is 35.8 Å². The number of carboxylic acids is 6. The molecule has 0 fully saturated rings. The topological polar surface area (TPSA) is 595 Å². The van der Waals surface area contributed by atoms with Crippen molar-refractivity contribution in [2.75, 3.05) is 6.54 Å². The summed E-state index contributed by atoms with van der Waals surface area (Å²) in [6.07, 6.45) is -1.55. The van der Waals surface area contributed by atoms with E-state index in [-0.39, 0.29) is 38.6 Å². The average Bonchev–Trinajstić information content (AvgIpc) is 2.92. The van der Waals surface area contributed by atoms with E-state index in [1.54, 1.807) is 0 Å². The van der Waals surface area contributed by atoms with E-state index in [0.717, 1.165) is 0 Å². The molecule has 0 saturated heterocycles. The molecule has 0 aliphatic heterocycles. The Morgan fingerprint density at radius 3 is 0.460 bits per heavy atom. The molecule has 0 aromatic carbocycles. The quantitative estimate of drug-likeness (QED) is 0.0699. The fraction of sp³-hybridized carbons (Fsp3) is 0.500.